The number of allylic oxidation sites excluding steroid dienone is 1. The lowest BCUT2D eigenvalue weighted by Gasteiger charge is -2.26. The summed E-state index contributed by atoms with van der Waals surface area (Å²) in [6, 6.07) is 11.9. The first-order valence-corrected chi connectivity index (χ1v) is 12.7. The molecule has 2 aromatic carbocycles. The highest BCUT2D eigenvalue weighted by molar-refractivity contribution is 7.99. The molecule has 1 saturated heterocycles. The number of rotatable bonds is 8. The van der Waals surface area contributed by atoms with Crippen LogP contribution in [-0.4, -0.2) is 59.7 Å². The van der Waals surface area contributed by atoms with Gasteiger partial charge >= 0.3 is 0 Å². The highest BCUT2D eigenvalue weighted by atomic mass is 32.2. The fourth-order valence-electron chi connectivity index (χ4n) is 3.30. The summed E-state index contributed by atoms with van der Waals surface area (Å²) in [5.41, 5.74) is 0.634. The van der Waals surface area contributed by atoms with Gasteiger partial charge in [-0.25, -0.2) is 18.4 Å². The van der Waals surface area contributed by atoms with Crippen LogP contribution in [0.25, 0.3) is 6.08 Å². The van der Waals surface area contributed by atoms with Gasteiger partial charge in [0.2, 0.25) is 10.0 Å². The van der Waals surface area contributed by atoms with E-state index >= 15 is 0 Å². The first-order valence-electron chi connectivity index (χ1n) is 10.5. The minimum Gasteiger partial charge on any atom is -0.379 e. The molecule has 1 aliphatic heterocycles. The second kappa shape index (κ2) is 10.9. The molecule has 0 unspecified atom stereocenters. The summed E-state index contributed by atoms with van der Waals surface area (Å²) in [7, 11) is -3.65. The molecule has 180 valence electrons. The van der Waals surface area contributed by atoms with Gasteiger partial charge in [-0.05, 0) is 59.8 Å². The van der Waals surface area contributed by atoms with Crippen molar-refractivity contribution < 1.29 is 22.9 Å². The van der Waals surface area contributed by atoms with Crippen molar-refractivity contribution in [2.45, 2.75) is 14.9 Å². The molecule has 35 heavy (non-hydrogen) atoms. The van der Waals surface area contributed by atoms with Crippen LogP contribution in [0, 0.1) is 10.1 Å². The number of benzene rings is 2. The summed E-state index contributed by atoms with van der Waals surface area (Å²) < 4.78 is 32.0. The van der Waals surface area contributed by atoms with Crippen LogP contribution < -0.4 is 0 Å². The zero-order chi connectivity index (χ0) is 24.8. The summed E-state index contributed by atoms with van der Waals surface area (Å²) in [4.78, 5) is 32.2. The third kappa shape index (κ3) is 5.98. The lowest BCUT2D eigenvalue weighted by Crippen LogP contribution is -2.40. The van der Waals surface area contributed by atoms with E-state index in [1.165, 1.54) is 46.8 Å². The molecule has 0 N–H and O–H groups in total. The van der Waals surface area contributed by atoms with E-state index in [2.05, 4.69) is 9.97 Å². The summed E-state index contributed by atoms with van der Waals surface area (Å²) in [5.74, 6) is -0.362. The molecule has 3 aromatic rings. The van der Waals surface area contributed by atoms with E-state index in [1.54, 1.807) is 30.6 Å². The van der Waals surface area contributed by atoms with Crippen molar-refractivity contribution in [1.82, 2.24) is 14.3 Å². The van der Waals surface area contributed by atoms with Gasteiger partial charge in [-0.15, -0.1) is 0 Å². The van der Waals surface area contributed by atoms with Crippen LogP contribution in [0.2, 0.25) is 0 Å². The predicted octanol–water partition coefficient (Wildman–Crippen LogP) is 3.45. The van der Waals surface area contributed by atoms with Gasteiger partial charge in [-0.1, -0.05) is 12.1 Å². The standard InChI is InChI=1S/C23H20N4O6S2/c28-21(18-4-6-19(7-5-18)35(31,32)26-12-14-33-15-13-26)8-2-17-3-9-22(20(16-17)27(29)30)34-23-24-10-1-11-25-23/h1-11,16H,12-15H2. The Morgan fingerprint density at radius 2 is 1.77 bits per heavy atom. The van der Waals surface area contributed by atoms with Crippen LogP contribution in [0.5, 0.6) is 0 Å². The van der Waals surface area contributed by atoms with Gasteiger partial charge in [0.1, 0.15) is 0 Å². The molecule has 12 heteroatoms. The largest absolute Gasteiger partial charge is 0.379 e. The Hall–Kier alpha value is -3.45. The average Bonchev–Trinajstić information content (AvgIpc) is 2.89. The fraction of sp³-hybridized carbons (Fsp3) is 0.174. The zero-order valence-electron chi connectivity index (χ0n) is 18.3. The van der Waals surface area contributed by atoms with Gasteiger partial charge in [0.15, 0.2) is 10.9 Å². The number of ketones is 1. The van der Waals surface area contributed by atoms with E-state index < -0.39 is 14.9 Å². The van der Waals surface area contributed by atoms with Crippen molar-refractivity contribution in [3.05, 3.63) is 88.2 Å². The van der Waals surface area contributed by atoms with Gasteiger partial charge in [0.05, 0.1) is 27.9 Å². The Labute approximate surface area is 205 Å². The van der Waals surface area contributed by atoms with Crippen LogP contribution in [0.3, 0.4) is 0 Å². The summed E-state index contributed by atoms with van der Waals surface area (Å²) in [6.07, 6.45) is 5.86. The first kappa shape index (κ1) is 24.7. The molecular weight excluding hydrogens is 492 g/mol. The molecule has 10 nitrogen and oxygen atoms in total. The molecule has 0 spiro atoms. The molecule has 1 aromatic heterocycles. The second-order valence-electron chi connectivity index (χ2n) is 7.36. The van der Waals surface area contributed by atoms with Crippen molar-refractivity contribution >= 4 is 39.3 Å². The summed E-state index contributed by atoms with van der Waals surface area (Å²) in [5, 5.41) is 11.9. The molecule has 0 atom stereocenters. The number of nitro groups is 1. The number of sulfonamides is 1. The van der Waals surface area contributed by atoms with Crippen molar-refractivity contribution in [1.29, 1.82) is 0 Å². The number of carbonyl (C=O) groups is 1. The molecule has 4 rings (SSSR count). The SMILES string of the molecule is O=C(C=Cc1ccc(Sc2ncccn2)c([N+](=O)[O-])c1)c1ccc(S(=O)(=O)N2CCOCC2)cc1. The average molecular weight is 513 g/mol. The van der Waals surface area contributed by atoms with Gasteiger partial charge in [-0.3, -0.25) is 14.9 Å². The maximum absolute atomic E-state index is 12.7. The fourth-order valence-corrected chi connectivity index (χ4v) is 5.50. The molecule has 0 radical (unpaired) electrons. The Balaban J connectivity index is 1.48. The lowest BCUT2D eigenvalue weighted by atomic mass is 10.1. The number of ether oxygens (including phenoxy) is 1. The van der Waals surface area contributed by atoms with Crippen molar-refractivity contribution in [3.8, 4) is 0 Å². The third-order valence-corrected chi connectivity index (χ3v) is 7.97. The second-order valence-corrected chi connectivity index (χ2v) is 10.3. The van der Waals surface area contributed by atoms with Gasteiger partial charge in [-0.2, -0.15) is 4.31 Å². The molecule has 0 amide bonds. The van der Waals surface area contributed by atoms with Crippen LogP contribution in [0.4, 0.5) is 5.69 Å². The summed E-state index contributed by atoms with van der Waals surface area (Å²) in [6.45, 7) is 1.26. The Bertz CT molecular complexity index is 1360. The molecule has 0 bridgehead atoms. The minimum absolute atomic E-state index is 0.103. The molecular formula is C23H20N4O6S2. The number of nitro benzene ring substituents is 1. The normalized spacial score (nSPS) is 14.7. The van der Waals surface area contributed by atoms with Crippen molar-refractivity contribution in [2.24, 2.45) is 0 Å². The predicted molar refractivity (Wildman–Crippen MR) is 129 cm³/mol. The van der Waals surface area contributed by atoms with Crippen LogP contribution in [-0.2, 0) is 14.8 Å². The first-order chi connectivity index (χ1) is 16.8. The number of morpholine rings is 1. The maximum atomic E-state index is 12.7. The van der Waals surface area contributed by atoms with E-state index in [0.29, 0.717) is 34.4 Å². The number of nitrogens with zero attached hydrogens (tertiary/aromatic N) is 4. The highest BCUT2D eigenvalue weighted by Crippen LogP contribution is 2.33. The van der Waals surface area contributed by atoms with E-state index in [9.17, 15) is 23.3 Å². The monoisotopic (exact) mass is 512 g/mol. The Morgan fingerprint density at radius 1 is 1.09 bits per heavy atom. The number of carbonyl (C=O) groups excluding carboxylic acids is 1. The maximum Gasteiger partial charge on any atom is 0.283 e. The molecule has 1 aliphatic rings. The minimum atomic E-state index is -3.65. The smallest absolute Gasteiger partial charge is 0.283 e. The van der Waals surface area contributed by atoms with Crippen molar-refractivity contribution in [3.63, 3.8) is 0 Å². The van der Waals surface area contributed by atoms with Gasteiger partial charge in [0, 0.05) is 37.1 Å². The van der Waals surface area contributed by atoms with E-state index in [0.717, 1.165) is 11.8 Å². The molecule has 2 heterocycles. The van der Waals surface area contributed by atoms with E-state index in [1.807, 2.05) is 0 Å². The molecule has 0 aliphatic carbocycles. The van der Waals surface area contributed by atoms with E-state index in [-0.39, 0.29) is 29.5 Å². The third-order valence-electron chi connectivity index (χ3n) is 5.10. The molecule has 1 fully saturated rings. The van der Waals surface area contributed by atoms with E-state index in [4.69, 9.17) is 4.74 Å². The lowest BCUT2D eigenvalue weighted by molar-refractivity contribution is -0.387. The Morgan fingerprint density at radius 3 is 2.43 bits per heavy atom. The highest BCUT2D eigenvalue weighted by Gasteiger charge is 2.26. The topological polar surface area (TPSA) is 133 Å². The summed E-state index contributed by atoms with van der Waals surface area (Å²) >= 11 is 1.07. The van der Waals surface area contributed by atoms with Crippen LogP contribution in [0.15, 0.2) is 81.9 Å². The van der Waals surface area contributed by atoms with Crippen LogP contribution in [0.1, 0.15) is 15.9 Å². The molecule has 0 saturated carbocycles. The number of aromatic nitrogens is 2. The van der Waals surface area contributed by atoms with Gasteiger partial charge < -0.3 is 4.74 Å². The van der Waals surface area contributed by atoms with Crippen molar-refractivity contribution in [2.75, 3.05) is 26.3 Å². The number of hydrogen-bond acceptors (Lipinski definition) is 9. The Kier molecular flexibility index (Phi) is 7.66. The number of hydrogen-bond donors (Lipinski definition) is 0. The van der Waals surface area contributed by atoms with Crippen LogP contribution >= 0.6 is 11.8 Å². The van der Waals surface area contributed by atoms with Gasteiger partial charge in [0.25, 0.3) is 5.69 Å². The quantitative estimate of drug-likeness (QED) is 0.146. The zero-order valence-corrected chi connectivity index (χ0v) is 19.9.